The van der Waals surface area contributed by atoms with Crippen LogP contribution in [0.4, 0.5) is 0 Å². The van der Waals surface area contributed by atoms with Crippen molar-refractivity contribution < 1.29 is 4.79 Å². The van der Waals surface area contributed by atoms with E-state index in [1.165, 1.54) is 0 Å². The maximum absolute atomic E-state index is 11.5. The van der Waals surface area contributed by atoms with Gasteiger partial charge in [-0.3, -0.25) is 4.79 Å². The lowest BCUT2D eigenvalue weighted by Gasteiger charge is -2.22. The highest BCUT2D eigenvalue weighted by atomic mass is 16.2. The zero-order chi connectivity index (χ0) is 10.3. The van der Waals surface area contributed by atoms with Crippen LogP contribution in [0.5, 0.6) is 0 Å². The summed E-state index contributed by atoms with van der Waals surface area (Å²) in [7, 11) is 0. The Labute approximate surface area is 80.8 Å². The summed E-state index contributed by atoms with van der Waals surface area (Å²) in [5.74, 6) is 0.120. The fourth-order valence-corrected chi connectivity index (χ4v) is 1.05. The fourth-order valence-electron chi connectivity index (χ4n) is 1.05. The Bertz CT molecular complexity index is 178. The number of nitrogens with zero attached hydrogens (tertiary/aromatic N) is 2. The van der Waals surface area contributed by atoms with E-state index in [9.17, 15) is 4.79 Å². The van der Waals surface area contributed by atoms with E-state index in [0.29, 0.717) is 6.42 Å². The summed E-state index contributed by atoms with van der Waals surface area (Å²) >= 11 is 0. The summed E-state index contributed by atoms with van der Waals surface area (Å²) in [6.45, 7) is 7.90. The number of rotatable bonds is 5. The predicted octanol–water partition coefficient (Wildman–Crippen LogP) is 2.42. The topological polar surface area (TPSA) is 32.7 Å². The zero-order valence-electron chi connectivity index (χ0n) is 9.08. The minimum Gasteiger partial charge on any atom is -0.273 e. The van der Waals surface area contributed by atoms with Crippen LogP contribution in [-0.4, -0.2) is 23.2 Å². The van der Waals surface area contributed by atoms with Crippen LogP contribution in [0.2, 0.25) is 0 Å². The summed E-state index contributed by atoms with van der Waals surface area (Å²) in [4.78, 5) is 11.5. The first kappa shape index (κ1) is 12.1. The van der Waals surface area contributed by atoms with E-state index in [0.717, 1.165) is 12.8 Å². The normalized spacial score (nSPS) is 13.2. The van der Waals surface area contributed by atoms with Crippen molar-refractivity contribution in [1.29, 1.82) is 0 Å². The molecule has 13 heavy (non-hydrogen) atoms. The molecule has 76 valence electrons. The van der Waals surface area contributed by atoms with E-state index in [4.69, 9.17) is 0 Å². The van der Waals surface area contributed by atoms with Gasteiger partial charge in [-0.05, 0) is 26.7 Å². The second kappa shape index (κ2) is 6.63. The molecule has 0 radical (unpaired) electrons. The molecule has 0 saturated carbocycles. The van der Waals surface area contributed by atoms with Crippen molar-refractivity contribution in [3.63, 3.8) is 0 Å². The third kappa shape index (κ3) is 4.06. The van der Waals surface area contributed by atoms with Crippen LogP contribution in [0, 0.1) is 0 Å². The van der Waals surface area contributed by atoms with Gasteiger partial charge in [-0.1, -0.05) is 13.8 Å². The molecule has 0 aromatic rings. The Morgan fingerprint density at radius 2 is 2.15 bits per heavy atom. The van der Waals surface area contributed by atoms with Gasteiger partial charge in [-0.25, -0.2) is 5.01 Å². The van der Waals surface area contributed by atoms with Crippen LogP contribution >= 0.6 is 0 Å². The van der Waals surface area contributed by atoms with Crippen molar-refractivity contribution in [3.8, 4) is 0 Å². The quantitative estimate of drug-likeness (QED) is 0.477. The Morgan fingerprint density at radius 1 is 1.54 bits per heavy atom. The average molecular weight is 184 g/mol. The van der Waals surface area contributed by atoms with Crippen LogP contribution in [0.25, 0.3) is 0 Å². The molecule has 3 nitrogen and oxygen atoms in total. The van der Waals surface area contributed by atoms with Gasteiger partial charge in [-0.15, -0.1) is 0 Å². The number of hydrazone groups is 1. The summed E-state index contributed by atoms with van der Waals surface area (Å²) in [6, 6.07) is 0.204. The van der Waals surface area contributed by atoms with Crippen molar-refractivity contribution in [2.24, 2.45) is 5.10 Å². The van der Waals surface area contributed by atoms with Gasteiger partial charge in [0.1, 0.15) is 0 Å². The van der Waals surface area contributed by atoms with Crippen LogP contribution in [-0.2, 0) is 4.79 Å². The van der Waals surface area contributed by atoms with Crippen molar-refractivity contribution in [2.45, 2.75) is 53.0 Å². The first-order chi connectivity index (χ1) is 6.17. The van der Waals surface area contributed by atoms with Crippen molar-refractivity contribution in [1.82, 2.24) is 5.01 Å². The van der Waals surface area contributed by atoms with Crippen LogP contribution in [0.3, 0.4) is 0 Å². The third-order valence-corrected chi connectivity index (χ3v) is 1.97. The van der Waals surface area contributed by atoms with Crippen LogP contribution in [0.15, 0.2) is 5.10 Å². The molecule has 0 bridgehead atoms. The molecule has 0 aromatic heterocycles. The summed E-state index contributed by atoms with van der Waals surface area (Å²) in [5.41, 5.74) is 0. The Kier molecular flexibility index (Phi) is 6.20. The highest BCUT2D eigenvalue weighted by molar-refractivity contribution is 5.77. The van der Waals surface area contributed by atoms with E-state index in [1.807, 2.05) is 20.8 Å². The third-order valence-electron chi connectivity index (χ3n) is 1.97. The summed E-state index contributed by atoms with van der Waals surface area (Å²) in [5, 5.41) is 5.66. The van der Waals surface area contributed by atoms with E-state index in [-0.39, 0.29) is 11.9 Å². The van der Waals surface area contributed by atoms with E-state index < -0.39 is 0 Å². The number of carbonyl (C=O) groups is 1. The lowest BCUT2D eigenvalue weighted by atomic mass is 10.2. The average Bonchev–Trinajstić information content (AvgIpc) is 2.13. The van der Waals surface area contributed by atoms with Gasteiger partial charge in [-0.2, -0.15) is 5.10 Å². The summed E-state index contributed by atoms with van der Waals surface area (Å²) < 4.78 is 0. The first-order valence-corrected chi connectivity index (χ1v) is 4.97. The van der Waals surface area contributed by atoms with Gasteiger partial charge in [0.05, 0.1) is 6.04 Å². The van der Waals surface area contributed by atoms with E-state index in [2.05, 4.69) is 12.0 Å². The molecule has 0 N–H and O–H groups in total. The largest absolute Gasteiger partial charge is 0.273 e. The van der Waals surface area contributed by atoms with Crippen molar-refractivity contribution in [2.75, 3.05) is 0 Å². The second-order valence-corrected chi connectivity index (χ2v) is 3.12. The predicted molar refractivity (Wildman–Crippen MR) is 55.7 cm³/mol. The van der Waals surface area contributed by atoms with Crippen molar-refractivity contribution in [3.05, 3.63) is 0 Å². The second-order valence-electron chi connectivity index (χ2n) is 3.12. The van der Waals surface area contributed by atoms with Gasteiger partial charge in [0, 0.05) is 12.6 Å². The number of amides is 1. The zero-order valence-corrected chi connectivity index (χ0v) is 9.08. The van der Waals surface area contributed by atoms with Gasteiger partial charge in [0.15, 0.2) is 0 Å². The van der Waals surface area contributed by atoms with Crippen LogP contribution in [0.1, 0.15) is 47.0 Å². The highest BCUT2D eigenvalue weighted by Gasteiger charge is 2.16. The van der Waals surface area contributed by atoms with Gasteiger partial charge in [0.25, 0.3) is 0 Å². The Hall–Kier alpha value is -0.860. The maximum atomic E-state index is 11.5. The SMILES string of the molecule is C/C=N\N(C(=O)CCC)C(C)CC. The number of hydrogen-bond acceptors (Lipinski definition) is 2. The minimum absolute atomic E-state index is 0.120. The summed E-state index contributed by atoms with van der Waals surface area (Å²) in [6.07, 6.45) is 4.07. The molecule has 0 saturated heterocycles. The van der Waals surface area contributed by atoms with E-state index in [1.54, 1.807) is 11.2 Å². The van der Waals surface area contributed by atoms with Crippen LogP contribution < -0.4 is 0 Å². The van der Waals surface area contributed by atoms with Gasteiger partial charge in [0.2, 0.25) is 5.91 Å². The number of hydrogen-bond donors (Lipinski definition) is 0. The molecule has 1 unspecified atom stereocenters. The molecular weight excluding hydrogens is 164 g/mol. The first-order valence-electron chi connectivity index (χ1n) is 4.97. The van der Waals surface area contributed by atoms with Crippen molar-refractivity contribution >= 4 is 12.1 Å². The minimum atomic E-state index is 0.120. The Balaban J connectivity index is 4.31. The molecule has 0 spiro atoms. The monoisotopic (exact) mass is 184 g/mol. The molecule has 0 aliphatic carbocycles. The molecule has 0 heterocycles. The Morgan fingerprint density at radius 3 is 2.54 bits per heavy atom. The lowest BCUT2D eigenvalue weighted by Crippen LogP contribution is -2.33. The molecule has 1 amide bonds. The number of carbonyl (C=O) groups excluding carboxylic acids is 1. The fraction of sp³-hybridized carbons (Fsp3) is 0.800. The highest BCUT2D eigenvalue weighted by Crippen LogP contribution is 2.07. The molecule has 1 atom stereocenters. The molecule has 0 aromatic carbocycles. The lowest BCUT2D eigenvalue weighted by molar-refractivity contribution is -0.133. The smallest absolute Gasteiger partial charge is 0.242 e. The molecule has 0 aliphatic heterocycles. The molecule has 0 fully saturated rings. The maximum Gasteiger partial charge on any atom is 0.242 e. The van der Waals surface area contributed by atoms with E-state index >= 15 is 0 Å². The van der Waals surface area contributed by atoms with Gasteiger partial charge >= 0.3 is 0 Å². The molecular formula is C10H20N2O. The molecule has 0 rings (SSSR count). The molecule has 3 heteroatoms. The van der Waals surface area contributed by atoms with Gasteiger partial charge < -0.3 is 0 Å². The standard InChI is InChI=1S/C10H20N2O/c1-5-8-10(13)12(11-7-3)9(4)6-2/h7,9H,5-6,8H2,1-4H3/b11-7-. The molecule has 0 aliphatic rings.